The van der Waals surface area contributed by atoms with Crippen molar-refractivity contribution in [3.8, 4) is 5.88 Å². The fourth-order valence-electron chi connectivity index (χ4n) is 1.87. The zero-order valence-electron chi connectivity index (χ0n) is 11.5. The second-order valence-electron chi connectivity index (χ2n) is 4.35. The van der Waals surface area contributed by atoms with E-state index in [9.17, 15) is 13.2 Å². The first-order valence-electron chi connectivity index (χ1n) is 6.19. The van der Waals surface area contributed by atoms with Gasteiger partial charge in [-0.05, 0) is 18.6 Å². The molecule has 0 saturated carbocycles. The van der Waals surface area contributed by atoms with Gasteiger partial charge in [0.05, 0.1) is 12.7 Å². The van der Waals surface area contributed by atoms with E-state index in [1.807, 2.05) is 0 Å². The van der Waals surface area contributed by atoms with E-state index in [0.29, 0.717) is 17.5 Å². The van der Waals surface area contributed by atoms with E-state index in [1.165, 1.54) is 25.3 Å². The van der Waals surface area contributed by atoms with Crippen LogP contribution >= 0.6 is 0 Å². The molecule has 4 nitrogen and oxygen atoms in total. The molecule has 0 radical (unpaired) electrons. The summed E-state index contributed by atoms with van der Waals surface area (Å²) in [6.07, 6.45) is -4.38. The molecule has 0 saturated heterocycles. The van der Waals surface area contributed by atoms with Gasteiger partial charge in [-0.25, -0.2) is 4.98 Å². The van der Waals surface area contributed by atoms with Crippen molar-refractivity contribution in [2.45, 2.75) is 19.6 Å². The Kier molecular flexibility index (Phi) is 4.30. The van der Waals surface area contributed by atoms with Gasteiger partial charge in [-0.2, -0.15) is 18.2 Å². The minimum Gasteiger partial charge on any atom is -0.481 e. The fourth-order valence-corrected chi connectivity index (χ4v) is 1.87. The van der Waals surface area contributed by atoms with Gasteiger partial charge >= 0.3 is 6.18 Å². The quantitative estimate of drug-likeness (QED) is 0.939. The van der Waals surface area contributed by atoms with Crippen LogP contribution < -0.4 is 10.1 Å². The summed E-state index contributed by atoms with van der Waals surface area (Å²) in [5, 5.41) is 2.86. The molecule has 0 fully saturated rings. The standard InChI is InChI=1S/C14H14F3N3O/c1-9-19-12(7-13(20-9)21-2)18-8-10-5-3-4-6-11(10)14(15,16)17/h3-7H,8H2,1-2H3,(H,18,19,20). The second kappa shape index (κ2) is 5.99. The Morgan fingerprint density at radius 3 is 2.57 bits per heavy atom. The van der Waals surface area contributed by atoms with Crippen molar-refractivity contribution in [2.24, 2.45) is 0 Å². The smallest absolute Gasteiger partial charge is 0.416 e. The number of benzene rings is 1. The lowest BCUT2D eigenvalue weighted by Crippen LogP contribution is -2.12. The molecule has 0 unspecified atom stereocenters. The van der Waals surface area contributed by atoms with Crippen LogP contribution in [0.4, 0.5) is 19.0 Å². The number of ether oxygens (including phenoxy) is 1. The minimum absolute atomic E-state index is 0.00922. The fraction of sp³-hybridized carbons (Fsp3) is 0.286. The summed E-state index contributed by atoms with van der Waals surface area (Å²) in [5.74, 6) is 1.24. The van der Waals surface area contributed by atoms with Gasteiger partial charge in [-0.1, -0.05) is 18.2 Å². The molecule has 21 heavy (non-hydrogen) atoms. The third-order valence-corrected chi connectivity index (χ3v) is 2.81. The van der Waals surface area contributed by atoms with E-state index >= 15 is 0 Å². The average Bonchev–Trinajstić information content (AvgIpc) is 2.44. The van der Waals surface area contributed by atoms with Crippen LogP contribution in [0.3, 0.4) is 0 Å². The number of methoxy groups -OCH3 is 1. The van der Waals surface area contributed by atoms with Gasteiger partial charge in [0, 0.05) is 12.6 Å². The molecular formula is C14H14F3N3O. The molecule has 1 N–H and O–H groups in total. The summed E-state index contributed by atoms with van der Waals surface area (Å²) < 4.78 is 43.6. The molecule has 2 aromatic rings. The van der Waals surface area contributed by atoms with E-state index in [-0.39, 0.29) is 12.1 Å². The summed E-state index contributed by atoms with van der Waals surface area (Å²) in [6, 6.07) is 6.95. The molecule has 2 rings (SSSR count). The van der Waals surface area contributed by atoms with E-state index < -0.39 is 11.7 Å². The van der Waals surface area contributed by atoms with E-state index in [1.54, 1.807) is 13.0 Å². The van der Waals surface area contributed by atoms with Crippen LogP contribution in [0.25, 0.3) is 0 Å². The first-order chi connectivity index (χ1) is 9.90. The lowest BCUT2D eigenvalue weighted by Gasteiger charge is -2.14. The van der Waals surface area contributed by atoms with E-state index in [0.717, 1.165) is 6.07 Å². The van der Waals surface area contributed by atoms with Crippen LogP contribution in [0.2, 0.25) is 0 Å². The van der Waals surface area contributed by atoms with Crippen molar-refractivity contribution in [1.82, 2.24) is 9.97 Å². The first-order valence-corrected chi connectivity index (χ1v) is 6.19. The number of nitrogens with one attached hydrogen (secondary N) is 1. The Labute approximate surface area is 120 Å². The molecule has 112 valence electrons. The summed E-state index contributed by atoms with van der Waals surface area (Å²) in [5.41, 5.74) is -0.504. The Hall–Kier alpha value is -2.31. The third kappa shape index (κ3) is 3.84. The molecule has 1 aromatic heterocycles. The van der Waals surface area contributed by atoms with Gasteiger partial charge in [0.15, 0.2) is 0 Å². The van der Waals surface area contributed by atoms with E-state index in [4.69, 9.17) is 4.74 Å². The molecule has 0 aliphatic heterocycles. The molecule has 0 atom stereocenters. The number of hydrogen-bond acceptors (Lipinski definition) is 4. The van der Waals surface area contributed by atoms with Crippen LogP contribution in [0.5, 0.6) is 5.88 Å². The van der Waals surface area contributed by atoms with Crippen molar-refractivity contribution in [1.29, 1.82) is 0 Å². The lowest BCUT2D eigenvalue weighted by atomic mass is 10.1. The number of aromatic nitrogens is 2. The van der Waals surface area contributed by atoms with Gasteiger partial charge < -0.3 is 10.1 Å². The molecule has 0 aliphatic carbocycles. The highest BCUT2D eigenvalue weighted by Gasteiger charge is 2.32. The Bertz CT molecular complexity index is 629. The number of hydrogen-bond donors (Lipinski definition) is 1. The molecule has 7 heteroatoms. The number of alkyl halides is 3. The number of anilines is 1. The second-order valence-corrected chi connectivity index (χ2v) is 4.35. The number of rotatable bonds is 4. The predicted molar refractivity (Wildman–Crippen MR) is 72.1 cm³/mol. The van der Waals surface area contributed by atoms with Gasteiger partial charge in [0.25, 0.3) is 0 Å². The van der Waals surface area contributed by atoms with Crippen molar-refractivity contribution in [3.05, 3.63) is 47.3 Å². The van der Waals surface area contributed by atoms with Crippen LogP contribution in [0.15, 0.2) is 30.3 Å². The van der Waals surface area contributed by atoms with Gasteiger partial charge in [0.1, 0.15) is 11.6 Å². The highest BCUT2D eigenvalue weighted by Crippen LogP contribution is 2.32. The zero-order valence-corrected chi connectivity index (χ0v) is 11.5. The van der Waals surface area contributed by atoms with Gasteiger partial charge in [-0.3, -0.25) is 0 Å². The van der Waals surface area contributed by atoms with Crippen molar-refractivity contribution in [3.63, 3.8) is 0 Å². The SMILES string of the molecule is COc1cc(NCc2ccccc2C(F)(F)F)nc(C)n1. The first kappa shape index (κ1) is 15.1. The normalized spacial score (nSPS) is 11.3. The molecule has 0 bridgehead atoms. The average molecular weight is 297 g/mol. The number of halogens is 3. The van der Waals surface area contributed by atoms with E-state index in [2.05, 4.69) is 15.3 Å². The van der Waals surface area contributed by atoms with Crippen LogP contribution in [-0.4, -0.2) is 17.1 Å². The summed E-state index contributed by atoms with van der Waals surface area (Å²) in [7, 11) is 1.46. The maximum atomic E-state index is 12.9. The zero-order chi connectivity index (χ0) is 15.5. The van der Waals surface area contributed by atoms with Gasteiger partial charge in [0.2, 0.25) is 5.88 Å². The molecule has 0 aliphatic rings. The number of nitrogens with zero attached hydrogens (tertiary/aromatic N) is 2. The van der Waals surface area contributed by atoms with Crippen LogP contribution in [-0.2, 0) is 12.7 Å². The predicted octanol–water partition coefficient (Wildman–Crippen LogP) is 3.42. The lowest BCUT2D eigenvalue weighted by molar-refractivity contribution is -0.138. The highest BCUT2D eigenvalue weighted by molar-refractivity contribution is 5.40. The summed E-state index contributed by atoms with van der Waals surface area (Å²) in [6.45, 7) is 1.69. The van der Waals surface area contributed by atoms with Crippen molar-refractivity contribution >= 4 is 5.82 Å². The molecule has 1 heterocycles. The van der Waals surface area contributed by atoms with Gasteiger partial charge in [-0.15, -0.1) is 0 Å². The Morgan fingerprint density at radius 1 is 1.19 bits per heavy atom. The maximum Gasteiger partial charge on any atom is 0.416 e. The van der Waals surface area contributed by atoms with Crippen molar-refractivity contribution < 1.29 is 17.9 Å². The number of aryl methyl sites for hydroxylation is 1. The molecule has 1 aromatic carbocycles. The van der Waals surface area contributed by atoms with Crippen LogP contribution in [0, 0.1) is 6.92 Å². The highest BCUT2D eigenvalue weighted by atomic mass is 19.4. The van der Waals surface area contributed by atoms with Crippen molar-refractivity contribution in [2.75, 3.05) is 12.4 Å². The van der Waals surface area contributed by atoms with Crippen LogP contribution in [0.1, 0.15) is 17.0 Å². The molecule has 0 spiro atoms. The topological polar surface area (TPSA) is 47.0 Å². The third-order valence-electron chi connectivity index (χ3n) is 2.81. The molecule has 0 amide bonds. The largest absolute Gasteiger partial charge is 0.481 e. The Balaban J connectivity index is 2.19. The maximum absolute atomic E-state index is 12.9. The summed E-state index contributed by atoms with van der Waals surface area (Å²) in [4.78, 5) is 8.12. The minimum atomic E-state index is -4.38. The Morgan fingerprint density at radius 2 is 1.90 bits per heavy atom. The molecular weight excluding hydrogens is 283 g/mol. The monoisotopic (exact) mass is 297 g/mol. The summed E-state index contributed by atoms with van der Waals surface area (Å²) >= 11 is 0.